The summed E-state index contributed by atoms with van der Waals surface area (Å²) in [7, 11) is -0.908. The van der Waals surface area contributed by atoms with E-state index in [-0.39, 0.29) is 0 Å². The second-order valence-corrected chi connectivity index (χ2v) is 3.72. The van der Waals surface area contributed by atoms with Gasteiger partial charge in [0.25, 0.3) is 0 Å². The van der Waals surface area contributed by atoms with Crippen LogP contribution in [0.2, 0.25) is 0 Å². The summed E-state index contributed by atoms with van der Waals surface area (Å²) in [4.78, 5) is 0.859. The Morgan fingerprint density at radius 1 is 1.27 bits per heavy atom. The zero-order valence-corrected chi connectivity index (χ0v) is 7.01. The van der Waals surface area contributed by atoms with Gasteiger partial charge in [0.15, 0.2) is 0 Å². The van der Waals surface area contributed by atoms with Crippen molar-refractivity contribution in [3.8, 4) is 0 Å². The Kier molecular flexibility index (Phi) is 3.26. The molecule has 1 atom stereocenters. The lowest BCUT2D eigenvalue weighted by molar-refractivity contribution is 0.683. The molecule has 0 unspecified atom stereocenters. The molecule has 0 spiro atoms. The number of hydrogen-bond donors (Lipinski definition) is 1. The molecule has 2 N–H and O–H groups in total. The van der Waals surface area contributed by atoms with Crippen molar-refractivity contribution in [1.29, 1.82) is 0 Å². The zero-order chi connectivity index (χ0) is 8.10. The molecule has 0 fully saturated rings. The zero-order valence-electron chi connectivity index (χ0n) is 6.19. The van der Waals surface area contributed by atoms with Crippen LogP contribution in [-0.2, 0) is 10.8 Å². The van der Waals surface area contributed by atoms with Crippen molar-refractivity contribution in [3.63, 3.8) is 0 Å². The van der Waals surface area contributed by atoms with Gasteiger partial charge in [-0.25, -0.2) is 0 Å². The largest absolute Gasteiger partial charge is 0.330 e. The number of nitrogens with two attached hydrogens (primary N) is 1. The van der Waals surface area contributed by atoms with Gasteiger partial charge in [0, 0.05) is 17.2 Å². The summed E-state index contributed by atoms with van der Waals surface area (Å²) in [5, 5.41) is 0. The first kappa shape index (κ1) is 8.43. The summed E-state index contributed by atoms with van der Waals surface area (Å²) in [6.45, 7) is 0.474. The fraction of sp³-hybridized carbons (Fsp3) is 0.250. The van der Waals surface area contributed by atoms with Crippen molar-refractivity contribution in [2.75, 3.05) is 12.3 Å². The van der Waals surface area contributed by atoms with Crippen molar-refractivity contribution in [2.45, 2.75) is 4.90 Å². The van der Waals surface area contributed by atoms with Crippen LogP contribution in [-0.4, -0.2) is 16.5 Å². The number of benzene rings is 1. The van der Waals surface area contributed by atoms with Gasteiger partial charge in [0.1, 0.15) is 0 Å². The molecule has 0 saturated carbocycles. The van der Waals surface area contributed by atoms with Crippen molar-refractivity contribution in [2.24, 2.45) is 5.73 Å². The van der Waals surface area contributed by atoms with E-state index in [0.29, 0.717) is 12.3 Å². The molecule has 0 aliphatic rings. The van der Waals surface area contributed by atoms with Crippen LogP contribution < -0.4 is 5.73 Å². The molecule has 0 aliphatic carbocycles. The van der Waals surface area contributed by atoms with E-state index in [2.05, 4.69) is 0 Å². The smallest absolute Gasteiger partial charge is 0.0542 e. The molecule has 1 aromatic carbocycles. The van der Waals surface area contributed by atoms with Crippen LogP contribution in [0.5, 0.6) is 0 Å². The summed E-state index contributed by atoms with van der Waals surface area (Å²) in [5.74, 6) is 0.546. The van der Waals surface area contributed by atoms with Gasteiger partial charge in [-0.2, -0.15) is 0 Å². The Morgan fingerprint density at radius 2 is 1.91 bits per heavy atom. The van der Waals surface area contributed by atoms with Crippen molar-refractivity contribution in [3.05, 3.63) is 30.3 Å². The third kappa shape index (κ3) is 2.44. The maximum Gasteiger partial charge on any atom is 0.0542 e. The molecule has 0 radical (unpaired) electrons. The molecule has 11 heavy (non-hydrogen) atoms. The van der Waals surface area contributed by atoms with Crippen LogP contribution in [0.1, 0.15) is 0 Å². The van der Waals surface area contributed by atoms with E-state index >= 15 is 0 Å². The predicted molar refractivity (Wildman–Crippen MR) is 46.8 cm³/mol. The molecule has 1 aromatic rings. The SMILES string of the molecule is NCC[S@@](=O)c1ccccc1. The quantitative estimate of drug-likeness (QED) is 0.725. The molecular weight excluding hydrogens is 158 g/mol. The molecule has 0 amide bonds. The topological polar surface area (TPSA) is 43.1 Å². The Hall–Kier alpha value is -0.670. The minimum atomic E-state index is -0.908. The minimum Gasteiger partial charge on any atom is -0.330 e. The first-order chi connectivity index (χ1) is 5.34. The van der Waals surface area contributed by atoms with E-state index in [1.807, 2.05) is 30.3 Å². The fourth-order valence-electron chi connectivity index (χ4n) is 0.797. The first-order valence-corrected chi connectivity index (χ1v) is 4.80. The molecule has 0 aromatic heterocycles. The van der Waals surface area contributed by atoms with Crippen LogP contribution in [0, 0.1) is 0 Å². The molecule has 0 heterocycles. The van der Waals surface area contributed by atoms with E-state index in [1.165, 1.54) is 0 Å². The lowest BCUT2D eigenvalue weighted by atomic mass is 10.4. The molecular formula is C8H11NOS. The van der Waals surface area contributed by atoms with Crippen LogP contribution >= 0.6 is 0 Å². The minimum absolute atomic E-state index is 0.474. The Bertz CT molecular complexity index is 235. The maximum atomic E-state index is 11.3. The van der Waals surface area contributed by atoms with E-state index in [9.17, 15) is 4.21 Å². The summed E-state index contributed by atoms with van der Waals surface area (Å²) in [5.41, 5.74) is 5.27. The molecule has 1 rings (SSSR count). The highest BCUT2D eigenvalue weighted by Gasteiger charge is 1.99. The van der Waals surface area contributed by atoms with Crippen LogP contribution in [0.3, 0.4) is 0 Å². The highest BCUT2D eigenvalue weighted by atomic mass is 32.2. The molecule has 60 valence electrons. The molecule has 0 bridgehead atoms. The second kappa shape index (κ2) is 4.26. The third-order valence-electron chi connectivity index (χ3n) is 1.31. The van der Waals surface area contributed by atoms with Gasteiger partial charge < -0.3 is 5.73 Å². The average Bonchev–Trinajstić information content (AvgIpc) is 2.07. The predicted octanol–water partition coefficient (Wildman–Crippen LogP) is 0.753. The lowest BCUT2D eigenvalue weighted by Crippen LogP contribution is -2.09. The molecule has 2 nitrogen and oxygen atoms in total. The molecule has 3 heteroatoms. The highest BCUT2D eigenvalue weighted by Crippen LogP contribution is 2.03. The van der Waals surface area contributed by atoms with Gasteiger partial charge in [0.05, 0.1) is 10.8 Å². The fourth-order valence-corrected chi connectivity index (χ4v) is 1.71. The second-order valence-electron chi connectivity index (χ2n) is 2.15. The normalized spacial score (nSPS) is 12.8. The Morgan fingerprint density at radius 3 is 2.45 bits per heavy atom. The monoisotopic (exact) mass is 169 g/mol. The third-order valence-corrected chi connectivity index (χ3v) is 2.71. The van der Waals surface area contributed by atoms with E-state index < -0.39 is 10.8 Å². The number of rotatable bonds is 3. The molecule has 0 aliphatic heterocycles. The Balaban J connectivity index is 2.69. The summed E-state index contributed by atoms with van der Waals surface area (Å²) in [6.07, 6.45) is 0. The first-order valence-electron chi connectivity index (χ1n) is 3.48. The maximum absolute atomic E-state index is 11.3. The van der Waals surface area contributed by atoms with Crippen LogP contribution in [0.25, 0.3) is 0 Å². The van der Waals surface area contributed by atoms with Gasteiger partial charge in [-0.15, -0.1) is 0 Å². The van der Waals surface area contributed by atoms with Gasteiger partial charge in [-0.3, -0.25) is 4.21 Å². The summed E-state index contributed by atoms with van der Waals surface area (Å²) >= 11 is 0. The van der Waals surface area contributed by atoms with E-state index in [1.54, 1.807) is 0 Å². The lowest BCUT2D eigenvalue weighted by Gasteiger charge is -1.97. The van der Waals surface area contributed by atoms with Crippen LogP contribution in [0.15, 0.2) is 35.2 Å². The summed E-state index contributed by atoms with van der Waals surface area (Å²) in [6, 6.07) is 9.37. The van der Waals surface area contributed by atoms with Gasteiger partial charge in [-0.1, -0.05) is 18.2 Å². The van der Waals surface area contributed by atoms with Crippen molar-refractivity contribution < 1.29 is 4.21 Å². The van der Waals surface area contributed by atoms with Crippen molar-refractivity contribution >= 4 is 10.8 Å². The van der Waals surface area contributed by atoms with Gasteiger partial charge >= 0.3 is 0 Å². The Labute approximate surface area is 68.9 Å². The highest BCUT2D eigenvalue weighted by molar-refractivity contribution is 7.85. The standard InChI is InChI=1S/C8H11NOS/c9-6-7-11(10)8-4-2-1-3-5-8/h1-5H,6-7,9H2/t11-/m1/s1. The van der Waals surface area contributed by atoms with Gasteiger partial charge in [-0.05, 0) is 12.1 Å². The van der Waals surface area contributed by atoms with E-state index in [4.69, 9.17) is 5.73 Å². The molecule has 0 saturated heterocycles. The van der Waals surface area contributed by atoms with Gasteiger partial charge in [0.2, 0.25) is 0 Å². The average molecular weight is 169 g/mol. The van der Waals surface area contributed by atoms with Crippen LogP contribution in [0.4, 0.5) is 0 Å². The van der Waals surface area contributed by atoms with Crippen molar-refractivity contribution in [1.82, 2.24) is 0 Å². The summed E-state index contributed by atoms with van der Waals surface area (Å²) < 4.78 is 11.3. The number of hydrogen-bond acceptors (Lipinski definition) is 2. The van der Waals surface area contributed by atoms with E-state index in [0.717, 1.165) is 4.90 Å².